The maximum atomic E-state index is 12.5. The molecule has 0 fully saturated rings. The van der Waals surface area contributed by atoms with Gasteiger partial charge in [0, 0.05) is 18.2 Å². The predicted molar refractivity (Wildman–Crippen MR) is 84.5 cm³/mol. The molecule has 0 heterocycles. The summed E-state index contributed by atoms with van der Waals surface area (Å²) in [6.07, 6.45) is 0. The van der Waals surface area contributed by atoms with Gasteiger partial charge >= 0.3 is 5.76 Å². The van der Waals surface area contributed by atoms with Crippen LogP contribution in [0.2, 0.25) is 0 Å². The van der Waals surface area contributed by atoms with Crippen molar-refractivity contribution < 1.29 is 26.8 Å². The average Bonchev–Trinajstić information content (AvgIpc) is 2.44. The molecule has 9 heteroatoms. The topological polar surface area (TPSA) is 83.6 Å². The monoisotopic (exact) mass is 362 g/mol. The predicted octanol–water partition coefficient (Wildman–Crippen LogP) is 1.67. The second-order valence-corrected chi connectivity index (χ2v) is 8.21. The first-order chi connectivity index (χ1) is 10.8. The van der Waals surface area contributed by atoms with Crippen LogP contribution in [0.5, 0.6) is 0 Å². The van der Waals surface area contributed by atoms with Gasteiger partial charge in [0.1, 0.15) is 0 Å². The van der Waals surface area contributed by atoms with Crippen molar-refractivity contribution in [1.29, 1.82) is 0 Å². The lowest BCUT2D eigenvalue weighted by Crippen LogP contribution is -2.46. The number of likely N-dealkylation sites (N-methyl/N-ethyl adjacent to an activating group) is 1. The van der Waals surface area contributed by atoms with E-state index in [0.29, 0.717) is 0 Å². The van der Waals surface area contributed by atoms with Gasteiger partial charge in [-0.1, -0.05) is 0 Å². The van der Waals surface area contributed by atoms with Gasteiger partial charge in [0.25, 0.3) is 5.91 Å². The molecule has 0 saturated carbocycles. The second-order valence-electron chi connectivity index (χ2n) is 6.29. The molecule has 1 rings (SSSR count). The van der Waals surface area contributed by atoms with E-state index >= 15 is 0 Å². The largest absolute Gasteiger partial charge is 0.350 e. The number of nitrogens with zero attached hydrogens (tertiary/aromatic N) is 1. The molecule has 1 aromatic carbocycles. The van der Waals surface area contributed by atoms with Crippen molar-refractivity contribution >= 4 is 21.7 Å². The van der Waals surface area contributed by atoms with Gasteiger partial charge in [0.2, 0.25) is 15.7 Å². The SMILES string of the molecule is CN(CC(=O)NC(C)(C)C)C(=O)c1ccc(S(=O)(=O)C(F)F)cc1. The Morgan fingerprint density at radius 3 is 2.08 bits per heavy atom. The number of rotatable bonds is 5. The highest BCUT2D eigenvalue weighted by molar-refractivity contribution is 7.91. The highest BCUT2D eigenvalue weighted by atomic mass is 32.2. The molecule has 6 nitrogen and oxygen atoms in total. The summed E-state index contributed by atoms with van der Waals surface area (Å²) in [6.45, 7) is 5.21. The fraction of sp³-hybridized carbons (Fsp3) is 0.467. The van der Waals surface area contributed by atoms with Crippen molar-refractivity contribution in [2.24, 2.45) is 0 Å². The lowest BCUT2D eigenvalue weighted by Gasteiger charge is -2.23. The molecule has 1 aromatic rings. The van der Waals surface area contributed by atoms with Crippen LogP contribution in [-0.2, 0) is 14.6 Å². The molecule has 0 unspecified atom stereocenters. The third-order valence-corrected chi connectivity index (χ3v) is 4.30. The minimum atomic E-state index is -4.70. The highest BCUT2D eigenvalue weighted by Crippen LogP contribution is 2.19. The molecule has 0 atom stereocenters. The van der Waals surface area contributed by atoms with E-state index in [9.17, 15) is 26.8 Å². The molecule has 0 bridgehead atoms. The number of carbonyl (C=O) groups is 2. The van der Waals surface area contributed by atoms with Gasteiger partial charge in [0.15, 0.2) is 0 Å². The first-order valence-electron chi connectivity index (χ1n) is 7.03. The summed E-state index contributed by atoms with van der Waals surface area (Å²) in [5.74, 6) is -4.40. The third kappa shape index (κ3) is 5.26. The van der Waals surface area contributed by atoms with Crippen molar-refractivity contribution in [1.82, 2.24) is 10.2 Å². The fourth-order valence-corrected chi connectivity index (χ4v) is 2.58. The number of alkyl halides is 2. The number of hydrogen-bond donors (Lipinski definition) is 1. The maximum absolute atomic E-state index is 12.5. The standard InChI is InChI=1S/C15H20F2N2O4S/c1-15(2,3)18-12(20)9-19(4)13(21)10-5-7-11(8-6-10)24(22,23)14(16)17/h5-8,14H,9H2,1-4H3,(H,18,20). The molecule has 0 aliphatic carbocycles. The molecule has 1 N–H and O–H groups in total. The molecule has 0 spiro atoms. The van der Waals surface area contributed by atoms with Gasteiger partial charge in [-0.3, -0.25) is 9.59 Å². The van der Waals surface area contributed by atoms with Crippen molar-refractivity contribution in [3.8, 4) is 0 Å². The molecule has 0 radical (unpaired) electrons. The van der Waals surface area contributed by atoms with Gasteiger partial charge in [0.05, 0.1) is 11.4 Å². The Morgan fingerprint density at radius 1 is 1.17 bits per heavy atom. The Labute approximate surface area is 139 Å². The van der Waals surface area contributed by atoms with Crippen LogP contribution in [0.25, 0.3) is 0 Å². The van der Waals surface area contributed by atoms with Crippen LogP contribution in [-0.4, -0.2) is 50.0 Å². The molecule has 2 amide bonds. The molecule has 24 heavy (non-hydrogen) atoms. The quantitative estimate of drug-likeness (QED) is 0.864. The van der Waals surface area contributed by atoms with Crippen LogP contribution in [0.3, 0.4) is 0 Å². The van der Waals surface area contributed by atoms with E-state index < -0.39 is 31.9 Å². The lowest BCUT2D eigenvalue weighted by atomic mass is 10.1. The first-order valence-corrected chi connectivity index (χ1v) is 8.58. The van der Waals surface area contributed by atoms with Gasteiger partial charge < -0.3 is 10.2 Å². The van der Waals surface area contributed by atoms with Crippen LogP contribution in [0, 0.1) is 0 Å². The van der Waals surface area contributed by atoms with Crippen LogP contribution in [0.1, 0.15) is 31.1 Å². The van der Waals surface area contributed by atoms with E-state index in [4.69, 9.17) is 0 Å². The number of halogens is 2. The first kappa shape index (κ1) is 20.0. The van der Waals surface area contributed by atoms with Crippen molar-refractivity contribution in [2.45, 2.75) is 37.0 Å². The zero-order valence-electron chi connectivity index (χ0n) is 13.8. The highest BCUT2D eigenvalue weighted by Gasteiger charge is 2.27. The number of carbonyl (C=O) groups excluding carboxylic acids is 2. The van der Waals surface area contributed by atoms with E-state index in [1.54, 1.807) is 20.8 Å². The minimum absolute atomic E-state index is 0.0919. The van der Waals surface area contributed by atoms with E-state index in [-0.39, 0.29) is 18.0 Å². The van der Waals surface area contributed by atoms with Crippen molar-refractivity contribution in [3.63, 3.8) is 0 Å². The number of hydrogen-bond acceptors (Lipinski definition) is 4. The minimum Gasteiger partial charge on any atom is -0.350 e. The Kier molecular flexibility index (Phi) is 6.04. The summed E-state index contributed by atoms with van der Waals surface area (Å²) in [5, 5.41) is 2.70. The van der Waals surface area contributed by atoms with E-state index in [2.05, 4.69) is 5.32 Å². The maximum Gasteiger partial charge on any atom is 0.341 e. The number of sulfone groups is 1. The van der Waals surface area contributed by atoms with Gasteiger partial charge in [-0.05, 0) is 45.0 Å². The lowest BCUT2D eigenvalue weighted by molar-refractivity contribution is -0.122. The molecular weight excluding hydrogens is 342 g/mol. The van der Waals surface area contributed by atoms with Crippen molar-refractivity contribution in [3.05, 3.63) is 29.8 Å². The summed E-state index contributed by atoms with van der Waals surface area (Å²) in [5.41, 5.74) is -0.346. The van der Waals surface area contributed by atoms with E-state index in [1.165, 1.54) is 7.05 Å². The molecular formula is C15H20F2N2O4S. The normalized spacial score (nSPS) is 12.1. The van der Waals surface area contributed by atoms with Crippen molar-refractivity contribution in [2.75, 3.05) is 13.6 Å². The molecule has 0 aliphatic heterocycles. The zero-order valence-corrected chi connectivity index (χ0v) is 14.7. The number of benzene rings is 1. The van der Waals surface area contributed by atoms with E-state index in [1.807, 2.05) is 0 Å². The molecule has 0 aromatic heterocycles. The Hall–Kier alpha value is -2.03. The van der Waals surface area contributed by atoms with Crippen LogP contribution in [0.4, 0.5) is 8.78 Å². The zero-order chi connectivity index (χ0) is 18.7. The van der Waals surface area contributed by atoms with Crippen LogP contribution < -0.4 is 5.32 Å². The average molecular weight is 362 g/mol. The van der Waals surface area contributed by atoms with Gasteiger partial charge in [-0.15, -0.1) is 0 Å². The number of nitrogens with one attached hydrogen (secondary N) is 1. The Bertz CT molecular complexity index is 710. The Morgan fingerprint density at radius 2 is 1.67 bits per heavy atom. The summed E-state index contributed by atoms with van der Waals surface area (Å²) < 4.78 is 47.6. The van der Waals surface area contributed by atoms with Gasteiger partial charge in [-0.25, -0.2) is 8.42 Å². The fourth-order valence-electron chi connectivity index (χ4n) is 1.86. The number of amides is 2. The summed E-state index contributed by atoms with van der Waals surface area (Å²) in [7, 11) is -3.29. The Balaban J connectivity index is 2.84. The molecule has 134 valence electrons. The second kappa shape index (κ2) is 7.25. The smallest absolute Gasteiger partial charge is 0.341 e. The molecule has 0 aliphatic rings. The summed E-state index contributed by atoms with van der Waals surface area (Å²) >= 11 is 0. The molecule has 0 saturated heterocycles. The van der Waals surface area contributed by atoms with Gasteiger partial charge in [-0.2, -0.15) is 8.78 Å². The van der Waals surface area contributed by atoms with Crippen LogP contribution >= 0.6 is 0 Å². The summed E-state index contributed by atoms with van der Waals surface area (Å²) in [6, 6.07) is 4.15. The third-order valence-electron chi connectivity index (χ3n) is 2.91. The van der Waals surface area contributed by atoms with Crippen LogP contribution in [0.15, 0.2) is 29.2 Å². The summed E-state index contributed by atoms with van der Waals surface area (Å²) in [4.78, 5) is 24.6. The van der Waals surface area contributed by atoms with E-state index in [0.717, 1.165) is 29.2 Å².